The lowest BCUT2D eigenvalue weighted by Gasteiger charge is -2.34. The van der Waals surface area contributed by atoms with Gasteiger partial charge in [0.1, 0.15) is 5.60 Å². The molecule has 1 saturated heterocycles. The molecule has 0 aliphatic carbocycles. The molecule has 1 amide bonds. The third kappa shape index (κ3) is 8.02. The third-order valence-electron chi connectivity index (χ3n) is 4.19. The van der Waals surface area contributed by atoms with Gasteiger partial charge in [-0.25, -0.2) is 4.79 Å². The summed E-state index contributed by atoms with van der Waals surface area (Å²) in [4.78, 5) is 12.0. The standard InChI is InChI=1S/C18H36N2O3/c1-12(2)15(20-17(21)23-18(5,6)7)11-19-14-8-9-22-16(10-14)13(3)4/h12-16,19H,8-11H2,1-7H3,(H,20,21). The van der Waals surface area contributed by atoms with Crippen molar-refractivity contribution in [3.8, 4) is 0 Å². The molecule has 0 aromatic rings. The first-order valence-electron chi connectivity index (χ1n) is 8.93. The number of carbonyl (C=O) groups excluding carboxylic acids is 1. The summed E-state index contributed by atoms with van der Waals surface area (Å²) in [6.45, 7) is 15.8. The van der Waals surface area contributed by atoms with E-state index >= 15 is 0 Å². The average molecular weight is 328 g/mol. The van der Waals surface area contributed by atoms with E-state index in [1.54, 1.807) is 0 Å². The number of amides is 1. The molecule has 5 nitrogen and oxygen atoms in total. The smallest absolute Gasteiger partial charge is 0.407 e. The highest BCUT2D eigenvalue weighted by Crippen LogP contribution is 2.20. The Morgan fingerprint density at radius 3 is 2.43 bits per heavy atom. The minimum Gasteiger partial charge on any atom is -0.444 e. The predicted molar refractivity (Wildman–Crippen MR) is 93.6 cm³/mol. The minimum absolute atomic E-state index is 0.0604. The molecule has 1 aliphatic heterocycles. The SMILES string of the molecule is CC(C)C(CNC1CCOC(C(C)C)C1)NC(=O)OC(C)(C)C. The molecule has 0 radical (unpaired) electrons. The maximum atomic E-state index is 12.0. The fraction of sp³-hybridized carbons (Fsp3) is 0.944. The van der Waals surface area contributed by atoms with E-state index in [4.69, 9.17) is 9.47 Å². The van der Waals surface area contributed by atoms with Gasteiger partial charge in [0.15, 0.2) is 0 Å². The van der Waals surface area contributed by atoms with Gasteiger partial charge in [-0.15, -0.1) is 0 Å². The van der Waals surface area contributed by atoms with Gasteiger partial charge in [-0.2, -0.15) is 0 Å². The Labute approximate surface area is 141 Å². The summed E-state index contributed by atoms with van der Waals surface area (Å²) in [7, 11) is 0. The molecule has 0 saturated carbocycles. The number of rotatable bonds is 6. The highest BCUT2D eigenvalue weighted by Gasteiger charge is 2.26. The van der Waals surface area contributed by atoms with Gasteiger partial charge in [0.2, 0.25) is 0 Å². The second-order valence-corrected chi connectivity index (χ2v) is 8.28. The van der Waals surface area contributed by atoms with Gasteiger partial charge in [0, 0.05) is 25.2 Å². The zero-order chi connectivity index (χ0) is 17.6. The molecule has 3 unspecified atom stereocenters. The summed E-state index contributed by atoms with van der Waals surface area (Å²) in [6, 6.07) is 0.517. The van der Waals surface area contributed by atoms with Crippen molar-refractivity contribution in [3.05, 3.63) is 0 Å². The van der Waals surface area contributed by atoms with Gasteiger partial charge < -0.3 is 20.1 Å². The van der Waals surface area contributed by atoms with E-state index in [2.05, 4.69) is 38.3 Å². The number of nitrogens with one attached hydrogen (secondary N) is 2. The van der Waals surface area contributed by atoms with Gasteiger partial charge in [-0.1, -0.05) is 27.7 Å². The molecular formula is C18H36N2O3. The van der Waals surface area contributed by atoms with Crippen LogP contribution in [0.15, 0.2) is 0 Å². The van der Waals surface area contributed by atoms with E-state index in [0.717, 1.165) is 26.0 Å². The number of hydrogen-bond acceptors (Lipinski definition) is 4. The summed E-state index contributed by atoms with van der Waals surface area (Å²) < 4.78 is 11.2. The van der Waals surface area contributed by atoms with Crippen molar-refractivity contribution < 1.29 is 14.3 Å². The Kier molecular flexibility index (Phi) is 7.81. The van der Waals surface area contributed by atoms with E-state index in [1.807, 2.05) is 20.8 Å². The van der Waals surface area contributed by atoms with Crippen molar-refractivity contribution in [1.82, 2.24) is 10.6 Å². The number of hydrogen-bond donors (Lipinski definition) is 2. The van der Waals surface area contributed by atoms with Crippen molar-refractivity contribution in [2.75, 3.05) is 13.2 Å². The normalized spacial score (nSPS) is 23.9. The van der Waals surface area contributed by atoms with Crippen LogP contribution in [-0.4, -0.2) is 43.0 Å². The summed E-state index contributed by atoms with van der Waals surface area (Å²) in [5.41, 5.74) is -0.468. The van der Waals surface area contributed by atoms with Crippen LogP contribution in [0.3, 0.4) is 0 Å². The Hall–Kier alpha value is -0.810. The van der Waals surface area contributed by atoms with Crippen LogP contribution in [0.25, 0.3) is 0 Å². The van der Waals surface area contributed by atoms with Crippen molar-refractivity contribution in [1.29, 1.82) is 0 Å². The maximum Gasteiger partial charge on any atom is 0.407 e. The lowest BCUT2D eigenvalue weighted by atomic mass is 9.95. The monoisotopic (exact) mass is 328 g/mol. The van der Waals surface area contributed by atoms with E-state index in [-0.39, 0.29) is 12.1 Å². The zero-order valence-electron chi connectivity index (χ0n) is 15.9. The molecule has 0 spiro atoms. The highest BCUT2D eigenvalue weighted by molar-refractivity contribution is 5.68. The van der Waals surface area contributed by atoms with Crippen LogP contribution in [0.4, 0.5) is 4.79 Å². The largest absolute Gasteiger partial charge is 0.444 e. The van der Waals surface area contributed by atoms with Crippen LogP contribution in [0.2, 0.25) is 0 Å². The number of carbonyl (C=O) groups is 1. The molecule has 1 rings (SSSR count). The van der Waals surface area contributed by atoms with Crippen LogP contribution in [0.1, 0.15) is 61.3 Å². The summed E-state index contributed by atoms with van der Waals surface area (Å²) in [6.07, 6.45) is 2.05. The van der Waals surface area contributed by atoms with Crippen LogP contribution in [0.5, 0.6) is 0 Å². The Morgan fingerprint density at radius 2 is 1.91 bits per heavy atom. The molecule has 3 atom stereocenters. The quantitative estimate of drug-likeness (QED) is 0.785. The first-order valence-corrected chi connectivity index (χ1v) is 8.93. The number of ether oxygens (including phenoxy) is 2. The molecule has 1 heterocycles. The van der Waals surface area contributed by atoms with Crippen LogP contribution >= 0.6 is 0 Å². The first kappa shape index (κ1) is 20.2. The van der Waals surface area contributed by atoms with Crippen molar-refractivity contribution in [2.45, 2.75) is 85.1 Å². The van der Waals surface area contributed by atoms with Crippen LogP contribution in [0, 0.1) is 11.8 Å². The van der Waals surface area contributed by atoms with Crippen molar-refractivity contribution >= 4 is 6.09 Å². The maximum absolute atomic E-state index is 12.0. The fourth-order valence-corrected chi connectivity index (χ4v) is 2.68. The van der Waals surface area contributed by atoms with Crippen molar-refractivity contribution in [2.24, 2.45) is 11.8 Å². The van der Waals surface area contributed by atoms with Crippen molar-refractivity contribution in [3.63, 3.8) is 0 Å². The molecule has 0 aromatic carbocycles. The summed E-state index contributed by atoms with van der Waals surface area (Å²) in [5.74, 6) is 0.885. The Bertz CT molecular complexity index is 364. The molecule has 23 heavy (non-hydrogen) atoms. The van der Waals surface area contributed by atoms with E-state index in [9.17, 15) is 4.79 Å². The average Bonchev–Trinajstić information content (AvgIpc) is 2.41. The van der Waals surface area contributed by atoms with Gasteiger partial charge in [0.25, 0.3) is 0 Å². The molecular weight excluding hydrogens is 292 g/mol. The van der Waals surface area contributed by atoms with Gasteiger partial charge in [-0.3, -0.25) is 0 Å². The predicted octanol–water partition coefficient (Wildman–Crippen LogP) is 3.33. The fourth-order valence-electron chi connectivity index (χ4n) is 2.68. The van der Waals surface area contributed by atoms with Gasteiger partial charge in [0.05, 0.1) is 6.10 Å². The molecule has 0 bridgehead atoms. The van der Waals surface area contributed by atoms with Gasteiger partial charge in [-0.05, 0) is 45.4 Å². The summed E-state index contributed by atoms with van der Waals surface area (Å²) in [5, 5.41) is 6.60. The second kappa shape index (κ2) is 8.88. The lowest BCUT2D eigenvalue weighted by Crippen LogP contribution is -2.50. The minimum atomic E-state index is -0.468. The van der Waals surface area contributed by atoms with E-state index < -0.39 is 5.60 Å². The molecule has 2 N–H and O–H groups in total. The topological polar surface area (TPSA) is 59.6 Å². The Balaban J connectivity index is 2.45. The molecule has 0 aromatic heterocycles. The third-order valence-corrected chi connectivity index (χ3v) is 4.19. The lowest BCUT2D eigenvalue weighted by molar-refractivity contribution is -0.0248. The number of alkyl carbamates (subject to hydrolysis) is 1. The van der Waals surface area contributed by atoms with E-state index in [0.29, 0.717) is 24.0 Å². The highest BCUT2D eigenvalue weighted by atomic mass is 16.6. The second-order valence-electron chi connectivity index (χ2n) is 8.28. The van der Waals surface area contributed by atoms with Crippen LogP contribution < -0.4 is 10.6 Å². The zero-order valence-corrected chi connectivity index (χ0v) is 15.9. The first-order chi connectivity index (χ1) is 10.6. The van der Waals surface area contributed by atoms with Crippen LogP contribution in [-0.2, 0) is 9.47 Å². The molecule has 1 fully saturated rings. The summed E-state index contributed by atoms with van der Waals surface area (Å²) >= 11 is 0. The Morgan fingerprint density at radius 1 is 1.26 bits per heavy atom. The van der Waals surface area contributed by atoms with Gasteiger partial charge >= 0.3 is 6.09 Å². The molecule has 5 heteroatoms. The molecule has 136 valence electrons. The van der Waals surface area contributed by atoms with E-state index in [1.165, 1.54) is 0 Å². The molecule has 1 aliphatic rings.